The second-order valence-electron chi connectivity index (χ2n) is 7.50. The van der Waals surface area contributed by atoms with Crippen LogP contribution >= 0.6 is 0 Å². The number of anilines is 3. The molecule has 0 aromatic heterocycles. The molecule has 148 valence electrons. The van der Waals surface area contributed by atoms with Crippen LogP contribution in [-0.4, -0.2) is 31.1 Å². The third-order valence-electron chi connectivity index (χ3n) is 4.64. The van der Waals surface area contributed by atoms with Gasteiger partial charge in [-0.15, -0.1) is 0 Å². The molecular weight excluding hydrogens is 352 g/mol. The molecule has 1 aliphatic rings. The number of amides is 3. The molecule has 6 nitrogen and oxygen atoms in total. The number of nitrogens with one attached hydrogen (secondary N) is 3. The standard InChI is InChI=1S/C22H28N4O2/c1-15(2)23-21(27)19-14-18(9-10-20(19)26-11-4-5-12-26)25-22(28)24-17-8-6-7-16(3)13-17/h6-10,13-15H,4-5,11-12H2,1-3H3,(H,23,27)(H2,24,25,28). The third kappa shape index (κ3) is 5.03. The predicted octanol–water partition coefficient (Wildman–Crippen LogP) is 4.38. The maximum absolute atomic E-state index is 12.7. The van der Waals surface area contributed by atoms with E-state index in [0.717, 1.165) is 42.9 Å². The number of carbonyl (C=O) groups excluding carboxylic acids is 2. The van der Waals surface area contributed by atoms with E-state index < -0.39 is 0 Å². The van der Waals surface area contributed by atoms with E-state index in [4.69, 9.17) is 0 Å². The van der Waals surface area contributed by atoms with Crippen molar-refractivity contribution in [3.05, 3.63) is 53.6 Å². The fraction of sp³-hybridized carbons (Fsp3) is 0.364. The average molecular weight is 380 g/mol. The molecule has 0 bridgehead atoms. The molecule has 1 aliphatic heterocycles. The number of aryl methyl sites for hydroxylation is 1. The smallest absolute Gasteiger partial charge is 0.323 e. The van der Waals surface area contributed by atoms with Crippen LogP contribution in [-0.2, 0) is 0 Å². The van der Waals surface area contributed by atoms with Gasteiger partial charge in [0.1, 0.15) is 0 Å². The lowest BCUT2D eigenvalue weighted by Gasteiger charge is -2.22. The van der Waals surface area contributed by atoms with Crippen LogP contribution in [0.25, 0.3) is 0 Å². The van der Waals surface area contributed by atoms with Crippen LogP contribution in [0.3, 0.4) is 0 Å². The number of nitrogens with zero attached hydrogens (tertiary/aromatic N) is 1. The minimum Gasteiger partial charge on any atom is -0.371 e. The molecule has 6 heteroatoms. The molecule has 0 spiro atoms. The van der Waals surface area contributed by atoms with Crippen LogP contribution < -0.4 is 20.9 Å². The summed E-state index contributed by atoms with van der Waals surface area (Å²) in [6.07, 6.45) is 2.26. The van der Waals surface area contributed by atoms with Crippen molar-refractivity contribution >= 4 is 29.0 Å². The van der Waals surface area contributed by atoms with Crippen LogP contribution in [0.5, 0.6) is 0 Å². The summed E-state index contributed by atoms with van der Waals surface area (Å²) in [4.78, 5) is 27.3. The van der Waals surface area contributed by atoms with Gasteiger partial charge in [-0.05, 0) is 69.5 Å². The monoisotopic (exact) mass is 380 g/mol. The number of rotatable bonds is 5. The van der Waals surface area contributed by atoms with Gasteiger partial charge >= 0.3 is 6.03 Å². The molecule has 0 radical (unpaired) electrons. The van der Waals surface area contributed by atoms with Crippen molar-refractivity contribution in [1.82, 2.24) is 5.32 Å². The summed E-state index contributed by atoms with van der Waals surface area (Å²) in [5, 5.41) is 8.60. The van der Waals surface area contributed by atoms with E-state index in [1.54, 1.807) is 6.07 Å². The van der Waals surface area contributed by atoms with E-state index in [-0.39, 0.29) is 18.0 Å². The highest BCUT2D eigenvalue weighted by Gasteiger charge is 2.21. The first-order valence-corrected chi connectivity index (χ1v) is 9.77. The zero-order chi connectivity index (χ0) is 20.1. The highest BCUT2D eigenvalue weighted by Crippen LogP contribution is 2.28. The summed E-state index contributed by atoms with van der Waals surface area (Å²) in [6, 6.07) is 12.8. The van der Waals surface area contributed by atoms with Crippen molar-refractivity contribution in [3.8, 4) is 0 Å². The highest BCUT2D eigenvalue weighted by molar-refractivity contribution is 6.04. The molecule has 1 fully saturated rings. The minimum absolute atomic E-state index is 0.0418. The molecule has 0 atom stereocenters. The van der Waals surface area contributed by atoms with Crippen molar-refractivity contribution in [3.63, 3.8) is 0 Å². The lowest BCUT2D eigenvalue weighted by molar-refractivity contribution is 0.0943. The largest absolute Gasteiger partial charge is 0.371 e. The summed E-state index contributed by atoms with van der Waals surface area (Å²) in [5.74, 6) is -0.125. The first-order valence-electron chi connectivity index (χ1n) is 9.77. The maximum Gasteiger partial charge on any atom is 0.323 e. The Bertz CT molecular complexity index is 857. The third-order valence-corrected chi connectivity index (χ3v) is 4.64. The average Bonchev–Trinajstić information content (AvgIpc) is 3.15. The van der Waals surface area contributed by atoms with Crippen molar-refractivity contribution < 1.29 is 9.59 Å². The molecule has 0 aliphatic carbocycles. The molecular formula is C22H28N4O2. The van der Waals surface area contributed by atoms with Crippen LogP contribution in [0.4, 0.5) is 21.9 Å². The van der Waals surface area contributed by atoms with Gasteiger partial charge in [-0.3, -0.25) is 4.79 Å². The van der Waals surface area contributed by atoms with Gasteiger partial charge in [-0.1, -0.05) is 12.1 Å². The molecule has 0 saturated carbocycles. The van der Waals surface area contributed by atoms with E-state index in [0.29, 0.717) is 11.3 Å². The zero-order valence-electron chi connectivity index (χ0n) is 16.7. The van der Waals surface area contributed by atoms with Gasteiger partial charge in [0.15, 0.2) is 0 Å². The summed E-state index contributed by atoms with van der Waals surface area (Å²) in [7, 11) is 0. The number of hydrogen-bond acceptors (Lipinski definition) is 3. The normalized spacial score (nSPS) is 13.5. The minimum atomic E-state index is -0.338. The molecule has 28 heavy (non-hydrogen) atoms. The Morgan fingerprint density at radius 2 is 1.64 bits per heavy atom. The van der Waals surface area contributed by atoms with Crippen LogP contribution in [0.2, 0.25) is 0 Å². The Balaban J connectivity index is 1.79. The fourth-order valence-corrected chi connectivity index (χ4v) is 3.39. The Labute approximate surface area is 166 Å². The van der Waals surface area contributed by atoms with E-state index in [1.165, 1.54) is 0 Å². The lowest BCUT2D eigenvalue weighted by Crippen LogP contribution is -2.32. The molecule has 0 unspecified atom stereocenters. The first-order chi connectivity index (χ1) is 13.4. The van der Waals surface area contributed by atoms with Gasteiger partial charge in [0.25, 0.3) is 5.91 Å². The van der Waals surface area contributed by atoms with E-state index in [1.807, 2.05) is 57.2 Å². The second-order valence-corrected chi connectivity index (χ2v) is 7.50. The van der Waals surface area contributed by atoms with Crippen molar-refractivity contribution in [2.75, 3.05) is 28.6 Å². The summed E-state index contributed by atoms with van der Waals surface area (Å²) in [5.41, 5.74) is 3.88. The van der Waals surface area contributed by atoms with Gasteiger partial charge in [-0.2, -0.15) is 0 Å². The second kappa shape index (κ2) is 8.78. The van der Waals surface area contributed by atoms with Gasteiger partial charge in [0.2, 0.25) is 0 Å². The molecule has 3 rings (SSSR count). The predicted molar refractivity (Wildman–Crippen MR) is 114 cm³/mol. The van der Waals surface area contributed by atoms with Crippen LogP contribution in [0.1, 0.15) is 42.6 Å². The number of urea groups is 1. The molecule has 2 aromatic carbocycles. The molecule has 1 heterocycles. The zero-order valence-corrected chi connectivity index (χ0v) is 16.7. The number of benzene rings is 2. The first kappa shape index (κ1) is 19.7. The van der Waals surface area contributed by atoms with Crippen LogP contribution in [0.15, 0.2) is 42.5 Å². The molecule has 2 aromatic rings. The van der Waals surface area contributed by atoms with Crippen molar-refractivity contribution in [2.24, 2.45) is 0 Å². The molecule has 1 saturated heterocycles. The lowest BCUT2D eigenvalue weighted by atomic mass is 10.1. The van der Waals surface area contributed by atoms with Crippen LogP contribution in [0, 0.1) is 6.92 Å². The van der Waals surface area contributed by atoms with Gasteiger partial charge < -0.3 is 20.9 Å². The fourth-order valence-electron chi connectivity index (χ4n) is 3.39. The van der Waals surface area contributed by atoms with E-state index in [2.05, 4.69) is 20.9 Å². The summed E-state index contributed by atoms with van der Waals surface area (Å²) in [6.45, 7) is 7.74. The topological polar surface area (TPSA) is 73.5 Å². The Morgan fingerprint density at radius 3 is 2.29 bits per heavy atom. The van der Waals surface area contributed by atoms with Gasteiger partial charge in [0.05, 0.1) is 5.56 Å². The van der Waals surface area contributed by atoms with Gasteiger partial charge in [0, 0.05) is 36.2 Å². The Kier molecular flexibility index (Phi) is 6.19. The Morgan fingerprint density at radius 1 is 0.964 bits per heavy atom. The van der Waals surface area contributed by atoms with Gasteiger partial charge in [-0.25, -0.2) is 4.79 Å². The number of hydrogen-bond donors (Lipinski definition) is 3. The Hall–Kier alpha value is -3.02. The summed E-state index contributed by atoms with van der Waals surface area (Å²) >= 11 is 0. The molecule has 3 amide bonds. The summed E-state index contributed by atoms with van der Waals surface area (Å²) < 4.78 is 0. The highest BCUT2D eigenvalue weighted by atomic mass is 16.2. The van der Waals surface area contributed by atoms with Crippen molar-refractivity contribution in [2.45, 2.75) is 39.7 Å². The van der Waals surface area contributed by atoms with Crippen molar-refractivity contribution in [1.29, 1.82) is 0 Å². The number of carbonyl (C=O) groups is 2. The maximum atomic E-state index is 12.7. The SMILES string of the molecule is Cc1cccc(NC(=O)Nc2ccc(N3CCCC3)c(C(=O)NC(C)C)c2)c1. The van der Waals surface area contributed by atoms with E-state index >= 15 is 0 Å². The molecule has 3 N–H and O–H groups in total. The quantitative estimate of drug-likeness (QED) is 0.721. The van der Waals surface area contributed by atoms with E-state index in [9.17, 15) is 9.59 Å².